The van der Waals surface area contributed by atoms with Gasteiger partial charge in [0, 0.05) is 11.3 Å². The van der Waals surface area contributed by atoms with Gasteiger partial charge in [-0.15, -0.1) is 11.3 Å². The molecule has 2 rings (SSSR count). The third-order valence-corrected chi connectivity index (χ3v) is 4.39. The molecule has 0 N–H and O–H groups in total. The predicted molar refractivity (Wildman–Crippen MR) is 103 cm³/mol. The van der Waals surface area contributed by atoms with Crippen LogP contribution in [0.15, 0.2) is 41.3 Å². The van der Waals surface area contributed by atoms with Crippen LogP contribution in [0.1, 0.15) is 17.4 Å². The smallest absolute Gasteiger partial charge is 0.493 e. The summed E-state index contributed by atoms with van der Waals surface area (Å²) in [5.41, 5.74) is 0.368. The van der Waals surface area contributed by atoms with Crippen molar-refractivity contribution in [1.82, 2.24) is 0 Å². The number of hydrogen-bond donors (Lipinski definition) is 0. The van der Waals surface area contributed by atoms with Crippen LogP contribution >= 0.6 is 11.3 Å². The molecule has 0 aliphatic heterocycles. The van der Waals surface area contributed by atoms with Crippen LogP contribution in [0.25, 0.3) is 6.08 Å². The van der Waals surface area contributed by atoms with E-state index in [1.54, 1.807) is 24.3 Å². The van der Waals surface area contributed by atoms with Gasteiger partial charge in [-0.05, 0) is 42.1 Å². The lowest BCUT2D eigenvalue weighted by atomic mass is 10.1. The highest BCUT2D eigenvalue weighted by atomic mass is 32.1. The van der Waals surface area contributed by atoms with Gasteiger partial charge in [-0.25, -0.2) is 9.59 Å². The van der Waals surface area contributed by atoms with Crippen LogP contribution in [0.3, 0.4) is 0 Å². The molecular formula is C20H19NO6S. The maximum absolute atomic E-state index is 12.1. The Kier molecular flexibility index (Phi) is 8.06. The number of ether oxygens (including phenoxy) is 4. The van der Waals surface area contributed by atoms with E-state index in [4.69, 9.17) is 18.9 Å². The number of nitrogens with zero attached hydrogens (tertiary/aromatic N) is 1. The zero-order valence-corrected chi connectivity index (χ0v) is 16.3. The Labute approximate surface area is 166 Å². The zero-order chi connectivity index (χ0) is 20.4. The summed E-state index contributed by atoms with van der Waals surface area (Å²) in [4.78, 5) is 24.7. The molecule has 7 nitrogen and oxygen atoms in total. The van der Waals surface area contributed by atoms with Crippen molar-refractivity contribution in [3.63, 3.8) is 0 Å². The van der Waals surface area contributed by atoms with Gasteiger partial charge in [-0.2, -0.15) is 5.26 Å². The average Bonchev–Trinajstić information content (AvgIpc) is 3.20. The number of esters is 1. The van der Waals surface area contributed by atoms with E-state index in [2.05, 4.69) is 0 Å². The molecule has 0 radical (unpaired) electrons. The minimum absolute atomic E-state index is 0.146. The fraction of sp³-hybridized carbons (Fsp3) is 0.250. The SMILES string of the molecule is CCOC(=O)Oc1ccc(/C=C(\C#N)C(=O)OCCc2cccs2)cc1OC. The largest absolute Gasteiger partial charge is 0.513 e. The van der Waals surface area contributed by atoms with Crippen LogP contribution in [-0.2, 0) is 20.7 Å². The summed E-state index contributed by atoms with van der Waals surface area (Å²) in [6.07, 6.45) is 1.12. The maximum atomic E-state index is 12.1. The minimum Gasteiger partial charge on any atom is -0.493 e. The molecular weight excluding hydrogens is 382 g/mol. The molecule has 0 fully saturated rings. The van der Waals surface area contributed by atoms with Gasteiger partial charge in [0.15, 0.2) is 11.5 Å². The second-order valence-electron chi connectivity index (χ2n) is 5.33. The van der Waals surface area contributed by atoms with Gasteiger partial charge in [-0.1, -0.05) is 12.1 Å². The molecule has 0 aliphatic rings. The zero-order valence-electron chi connectivity index (χ0n) is 15.5. The lowest BCUT2D eigenvalue weighted by molar-refractivity contribution is -0.138. The van der Waals surface area contributed by atoms with Crippen LogP contribution < -0.4 is 9.47 Å². The Morgan fingerprint density at radius 1 is 1.21 bits per heavy atom. The molecule has 0 saturated carbocycles. The summed E-state index contributed by atoms with van der Waals surface area (Å²) >= 11 is 1.57. The Morgan fingerprint density at radius 2 is 2.04 bits per heavy atom. The van der Waals surface area contributed by atoms with Crippen molar-refractivity contribution < 1.29 is 28.5 Å². The van der Waals surface area contributed by atoms with Crippen molar-refractivity contribution in [2.24, 2.45) is 0 Å². The van der Waals surface area contributed by atoms with Gasteiger partial charge in [0.05, 0.1) is 20.3 Å². The molecule has 0 amide bonds. The monoisotopic (exact) mass is 401 g/mol. The summed E-state index contributed by atoms with van der Waals surface area (Å²) in [6, 6.07) is 10.3. The number of hydrogen-bond acceptors (Lipinski definition) is 8. The first-order chi connectivity index (χ1) is 13.6. The summed E-state index contributed by atoms with van der Waals surface area (Å²) in [5, 5.41) is 11.2. The molecule has 0 unspecified atom stereocenters. The Balaban J connectivity index is 2.06. The number of benzene rings is 1. The number of carbonyl (C=O) groups excluding carboxylic acids is 2. The number of nitriles is 1. The van der Waals surface area contributed by atoms with Gasteiger partial charge in [0.25, 0.3) is 0 Å². The van der Waals surface area contributed by atoms with Crippen molar-refractivity contribution in [3.05, 3.63) is 51.7 Å². The second-order valence-corrected chi connectivity index (χ2v) is 6.36. The van der Waals surface area contributed by atoms with Gasteiger partial charge in [0.2, 0.25) is 0 Å². The van der Waals surface area contributed by atoms with Gasteiger partial charge < -0.3 is 18.9 Å². The third-order valence-electron chi connectivity index (χ3n) is 3.46. The van der Waals surface area contributed by atoms with Crippen molar-refractivity contribution in [1.29, 1.82) is 5.26 Å². The standard InChI is InChI=1S/C20H19NO6S/c1-3-25-20(23)27-17-7-6-14(12-18(17)24-2)11-15(13-21)19(22)26-9-8-16-5-4-10-28-16/h4-7,10-12H,3,8-9H2,1-2H3/b15-11+. The Morgan fingerprint density at radius 3 is 2.68 bits per heavy atom. The third kappa shape index (κ3) is 6.14. The highest BCUT2D eigenvalue weighted by molar-refractivity contribution is 7.09. The van der Waals surface area contributed by atoms with E-state index in [0.29, 0.717) is 12.0 Å². The van der Waals surface area contributed by atoms with Crippen molar-refractivity contribution in [2.45, 2.75) is 13.3 Å². The number of thiophene rings is 1. The van der Waals surface area contributed by atoms with Gasteiger partial charge in [0.1, 0.15) is 11.6 Å². The van der Waals surface area contributed by atoms with E-state index in [-0.39, 0.29) is 30.3 Å². The summed E-state index contributed by atoms with van der Waals surface area (Å²) in [7, 11) is 1.41. The first-order valence-electron chi connectivity index (χ1n) is 8.41. The topological polar surface area (TPSA) is 94.9 Å². The number of methoxy groups -OCH3 is 1. The van der Waals surface area contributed by atoms with Crippen LogP contribution in [0.4, 0.5) is 4.79 Å². The maximum Gasteiger partial charge on any atom is 0.513 e. The van der Waals surface area contributed by atoms with Gasteiger partial charge in [-0.3, -0.25) is 0 Å². The molecule has 0 bridgehead atoms. The van der Waals surface area contributed by atoms with Crippen molar-refractivity contribution >= 4 is 29.5 Å². The molecule has 146 valence electrons. The highest BCUT2D eigenvalue weighted by Gasteiger charge is 2.14. The molecule has 0 saturated heterocycles. The van der Waals surface area contributed by atoms with Crippen LogP contribution in [0.5, 0.6) is 11.5 Å². The molecule has 0 spiro atoms. The van der Waals surface area contributed by atoms with E-state index in [0.717, 1.165) is 4.88 Å². The second kappa shape index (κ2) is 10.7. The minimum atomic E-state index is -0.851. The fourth-order valence-corrected chi connectivity index (χ4v) is 2.87. The van der Waals surface area contributed by atoms with Gasteiger partial charge >= 0.3 is 12.1 Å². The van der Waals surface area contributed by atoms with E-state index in [1.807, 2.05) is 23.6 Å². The average molecular weight is 401 g/mol. The van der Waals surface area contributed by atoms with E-state index in [9.17, 15) is 14.9 Å². The van der Waals surface area contributed by atoms with Crippen molar-refractivity contribution in [3.8, 4) is 17.6 Å². The molecule has 8 heteroatoms. The van der Waals surface area contributed by atoms with E-state index >= 15 is 0 Å². The van der Waals surface area contributed by atoms with Crippen molar-refractivity contribution in [2.75, 3.05) is 20.3 Å². The van der Waals surface area contributed by atoms with E-state index < -0.39 is 12.1 Å². The number of carbonyl (C=O) groups is 2. The van der Waals surface area contributed by atoms with Crippen LogP contribution in [0, 0.1) is 11.3 Å². The fourth-order valence-electron chi connectivity index (χ4n) is 2.18. The Bertz CT molecular complexity index is 883. The molecule has 1 heterocycles. The predicted octanol–water partition coefficient (Wildman–Crippen LogP) is 3.98. The normalized spacial score (nSPS) is 10.7. The lowest BCUT2D eigenvalue weighted by Crippen LogP contribution is -2.11. The molecule has 2 aromatic rings. The molecule has 1 aromatic carbocycles. The Hall–Kier alpha value is -3.31. The van der Waals surface area contributed by atoms with E-state index in [1.165, 1.54) is 25.3 Å². The first-order valence-corrected chi connectivity index (χ1v) is 9.29. The lowest BCUT2D eigenvalue weighted by Gasteiger charge is -2.09. The first kappa shape index (κ1) is 21.0. The highest BCUT2D eigenvalue weighted by Crippen LogP contribution is 2.29. The van der Waals surface area contributed by atoms with Crippen LogP contribution in [0.2, 0.25) is 0 Å². The quantitative estimate of drug-likeness (QED) is 0.286. The molecule has 0 atom stereocenters. The summed E-state index contributed by atoms with van der Waals surface area (Å²) in [6.45, 7) is 2.03. The number of rotatable bonds is 8. The summed E-state index contributed by atoms with van der Waals surface area (Å²) in [5.74, 6) is -0.287. The molecule has 1 aromatic heterocycles. The molecule has 0 aliphatic carbocycles. The molecule has 28 heavy (non-hydrogen) atoms. The van der Waals surface area contributed by atoms with Crippen LogP contribution in [-0.4, -0.2) is 32.4 Å². The summed E-state index contributed by atoms with van der Waals surface area (Å²) < 4.78 is 20.1.